The molecule has 5 nitrogen and oxygen atoms in total. The number of ether oxygens (including phenoxy) is 2. The summed E-state index contributed by atoms with van der Waals surface area (Å²) in [6.45, 7) is -0.380. The van der Waals surface area contributed by atoms with E-state index in [0.717, 1.165) is 5.69 Å². The van der Waals surface area contributed by atoms with Gasteiger partial charge >= 0.3 is 6.18 Å². The van der Waals surface area contributed by atoms with E-state index in [9.17, 15) is 18.0 Å². The lowest BCUT2D eigenvalue weighted by molar-refractivity contribution is -0.153. The maximum atomic E-state index is 12.4. The van der Waals surface area contributed by atoms with Crippen molar-refractivity contribution in [3.05, 3.63) is 57.8 Å². The van der Waals surface area contributed by atoms with Crippen molar-refractivity contribution in [2.24, 2.45) is 0 Å². The molecule has 0 saturated heterocycles. The Labute approximate surface area is 135 Å². The molecule has 0 N–H and O–H groups in total. The molecule has 0 unspecified atom stereocenters. The Kier molecular flexibility index (Phi) is 4.57. The molecule has 128 valence electrons. The highest BCUT2D eigenvalue weighted by molar-refractivity contribution is 5.29. The molecule has 0 fully saturated rings. The lowest BCUT2D eigenvalue weighted by atomic mass is 10.1. The molecule has 1 aliphatic rings. The van der Waals surface area contributed by atoms with Crippen molar-refractivity contribution in [2.45, 2.75) is 25.7 Å². The summed E-state index contributed by atoms with van der Waals surface area (Å²) in [5.74, 6) is 0.104. The Morgan fingerprint density at radius 2 is 2.17 bits per heavy atom. The van der Waals surface area contributed by atoms with Gasteiger partial charge in [-0.05, 0) is 17.7 Å². The van der Waals surface area contributed by atoms with Gasteiger partial charge in [0.25, 0.3) is 5.56 Å². The number of benzene rings is 1. The van der Waals surface area contributed by atoms with E-state index in [2.05, 4.69) is 4.98 Å². The SMILES string of the molecule is O=c1c2c(ncn1Cc1cccc(OCC(F)(F)F)c1)CCOC2. The van der Waals surface area contributed by atoms with Crippen LogP contribution in [0.3, 0.4) is 0 Å². The second-order valence-electron chi connectivity index (χ2n) is 5.46. The van der Waals surface area contributed by atoms with Crippen LogP contribution in [-0.4, -0.2) is 28.9 Å². The summed E-state index contributed by atoms with van der Waals surface area (Å²) in [4.78, 5) is 16.7. The highest BCUT2D eigenvalue weighted by atomic mass is 19.4. The molecule has 0 bridgehead atoms. The van der Waals surface area contributed by atoms with Crippen LogP contribution in [0.2, 0.25) is 0 Å². The first-order valence-corrected chi connectivity index (χ1v) is 7.36. The molecule has 0 amide bonds. The van der Waals surface area contributed by atoms with Crippen molar-refractivity contribution in [3.8, 4) is 5.75 Å². The second kappa shape index (κ2) is 6.64. The first-order valence-electron chi connectivity index (χ1n) is 7.36. The number of aromatic nitrogens is 2. The van der Waals surface area contributed by atoms with Crippen molar-refractivity contribution in [2.75, 3.05) is 13.2 Å². The van der Waals surface area contributed by atoms with Gasteiger partial charge in [0, 0.05) is 6.42 Å². The van der Waals surface area contributed by atoms with Crippen LogP contribution in [0.4, 0.5) is 13.2 Å². The predicted molar refractivity (Wildman–Crippen MR) is 79.0 cm³/mol. The van der Waals surface area contributed by atoms with Crippen molar-refractivity contribution in [1.29, 1.82) is 0 Å². The third-order valence-corrected chi connectivity index (χ3v) is 3.60. The van der Waals surface area contributed by atoms with Crippen molar-refractivity contribution in [1.82, 2.24) is 9.55 Å². The monoisotopic (exact) mass is 340 g/mol. The normalized spacial score (nSPS) is 14.3. The standard InChI is InChI=1S/C16H15F3N2O3/c17-16(18,19)9-24-12-3-1-2-11(6-12)7-21-10-20-14-4-5-23-8-13(14)15(21)22/h1-3,6,10H,4-5,7-9H2. The lowest BCUT2D eigenvalue weighted by Gasteiger charge is -2.16. The lowest BCUT2D eigenvalue weighted by Crippen LogP contribution is -2.30. The fourth-order valence-corrected chi connectivity index (χ4v) is 2.48. The van der Waals surface area contributed by atoms with Crippen molar-refractivity contribution < 1.29 is 22.6 Å². The molecule has 0 spiro atoms. The number of halogens is 3. The highest BCUT2D eigenvalue weighted by Crippen LogP contribution is 2.19. The summed E-state index contributed by atoms with van der Waals surface area (Å²) in [5, 5.41) is 0. The van der Waals surface area contributed by atoms with Gasteiger partial charge in [-0.1, -0.05) is 12.1 Å². The summed E-state index contributed by atoms with van der Waals surface area (Å²) in [5.41, 5.74) is 1.73. The van der Waals surface area contributed by atoms with Crippen LogP contribution in [0.15, 0.2) is 35.4 Å². The van der Waals surface area contributed by atoms with Gasteiger partial charge < -0.3 is 9.47 Å². The molecule has 1 aliphatic heterocycles. The molecule has 24 heavy (non-hydrogen) atoms. The van der Waals surface area contributed by atoms with Crippen molar-refractivity contribution in [3.63, 3.8) is 0 Å². The Morgan fingerprint density at radius 1 is 1.33 bits per heavy atom. The summed E-state index contributed by atoms with van der Waals surface area (Å²) in [6.07, 6.45) is -2.34. The van der Waals surface area contributed by atoms with E-state index in [1.54, 1.807) is 12.1 Å². The quantitative estimate of drug-likeness (QED) is 0.857. The fourth-order valence-electron chi connectivity index (χ4n) is 2.48. The van der Waals surface area contributed by atoms with Gasteiger partial charge in [-0.2, -0.15) is 13.2 Å². The van der Waals surface area contributed by atoms with E-state index in [0.29, 0.717) is 24.2 Å². The molecule has 0 atom stereocenters. The number of fused-ring (bicyclic) bond motifs is 1. The number of nitrogens with zero attached hydrogens (tertiary/aromatic N) is 2. The zero-order chi connectivity index (χ0) is 17.2. The average molecular weight is 340 g/mol. The van der Waals surface area contributed by atoms with Gasteiger partial charge in [-0.25, -0.2) is 4.98 Å². The maximum Gasteiger partial charge on any atom is 0.422 e. The van der Waals surface area contributed by atoms with E-state index in [1.165, 1.54) is 23.0 Å². The van der Waals surface area contributed by atoms with E-state index in [4.69, 9.17) is 9.47 Å². The Hall–Kier alpha value is -2.35. The smallest absolute Gasteiger partial charge is 0.422 e. The minimum Gasteiger partial charge on any atom is -0.484 e. The fraction of sp³-hybridized carbons (Fsp3) is 0.375. The van der Waals surface area contributed by atoms with Crippen LogP contribution >= 0.6 is 0 Å². The molecule has 2 aromatic rings. The summed E-state index contributed by atoms with van der Waals surface area (Å²) < 4.78 is 48.1. The maximum absolute atomic E-state index is 12.4. The summed E-state index contributed by atoms with van der Waals surface area (Å²) >= 11 is 0. The number of rotatable bonds is 4. The van der Waals surface area contributed by atoms with E-state index in [-0.39, 0.29) is 24.5 Å². The van der Waals surface area contributed by atoms with E-state index in [1.807, 2.05) is 0 Å². The number of hydrogen-bond donors (Lipinski definition) is 0. The third-order valence-electron chi connectivity index (χ3n) is 3.60. The van der Waals surface area contributed by atoms with E-state index >= 15 is 0 Å². The van der Waals surface area contributed by atoms with Gasteiger partial charge in [0.2, 0.25) is 0 Å². The number of hydrogen-bond acceptors (Lipinski definition) is 4. The Balaban J connectivity index is 1.78. The Bertz CT molecular complexity index is 787. The first kappa shape index (κ1) is 16.5. The van der Waals surface area contributed by atoms with Gasteiger partial charge in [0.15, 0.2) is 6.61 Å². The third kappa shape index (κ3) is 3.94. The van der Waals surface area contributed by atoms with Gasteiger partial charge in [0.05, 0.1) is 37.3 Å². The Morgan fingerprint density at radius 3 is 2.96 bits per heavy atom. The minimum atomic E-state index is -4.39. The molecule has 2 heterocycles. The zero-order valence-electron chi connectivity index (χ0n) is 12.7. The first-order chi connectivity index (χ1) is 11.4. The van der Waals surface area contributed by atoms with Crippen LogP contribution < -0.4 is 10.3 Å². The molecule has 0 saturated carbocycles. The predicted octanol–water partition coefficient (Wildman–Crippen LogP) is 2.31. The summed E-state index contributed by atoms with van der Waals surface area (Å²) in [6, 6.07) is 6.22. The van der Waals surface area contributed by atoms with Crippen LogP contribution in [0.5, 0.6) is 5.75 Å². The largest absolute Gasteiger partial charge is 0.484 e. The van der Waals surface area contributed by atoms with E-state index < -0.39 is 12.8 Å². The minimum absolute atomic E-state index is 0.104. The molecule has 0 radical (unpaired) electrons. The van der Waals surface area contributed by atoms with Crippen LogP contribution in [0.1, 0.15) is 16.8 Å². The van der Waals surface area contributed by atoms with Crippen LogP contribution in [0.25, 0.3) is 0 Å². The molecule has 8 heteroatoms. The molecular weight excluding hydrogens is 325 g/mol. The van der Waals surface area contributed by atoms with Gasteiger partial charge in [-0.3, -0.25) is 9.36 Å². The van der Waals surface area contributed by atoms with Gasteiger partial charge in [-0.15, -0.1) is 0 Å². The van der Waals surface area contributed by atoms with Crippen LogP contribution in [-0.2, 0) is 24.3 Å². The number of alkyl halides is 3. The molecule has 0 aliphatic carbocycles. The molecule has 1 aromatic heterocycles. The van der Waals surface area contributed by atoms with Gasteiger partial charge in [0.1, 0.15) is 5.75 Å². The van der Waals surface area contributed by atoms with Crippen molar-refractivity contribution >= 4 is 0 Å². The molecule has 3 rings (SSSR count). The average Bonchev–Trinajstić information content (AvgIpc) is 2.56. The van der Waals surface area contributed by atoms with Crippen LogP contribution in [0, 0.1) is 0 Å². The second-order valence-corrected chi connectivity index (χ2v) is 5.46. The molecule has 1 aromatic carbocycles. The topological polar surface area (TPSA) is 53.4 Å². The highest BCUT2D eigenvalue weighted by Gasteiger charge is 2.28. The molecular formula is C16H15F3N2O3. The summed E-state index contributed by atoms with van der Waals surface area (Å²) in [7, 11) is 0. The zero-order valence-corrected chi connectivity index (χ0v) is 12.7.